The van der Waals surface area contributed by atoms with Crippen molar-refractivity contribution in [2.75, 3.05) is 11.9 Å². The van der Waals surface area contributed by atoms with Crippen LogP contribution in [-0.2, 0) is 6.54 Å². The van der Waals surface area contributed by atoms with Gasteiger partial charge in [-0.1, -0.05) is 18.2 Å². The summed E-state index contributed by atoms with van der Waals surface area (Å²) in [6.45, 7) is 5.22. The van der Waals surface area contributed by atoms with E-state index in [1.807, 2.05) is 31.2 Å². The molecule has 4 heteroatoms. The number of nitrogens with one attached hydrogen (secondary N) is 1. The van der Waals surface area contributed by atoms with Gasteiger partial charge in [0, 0.05) is 12.2 Å². The minimum atomic E-state index is 0.215. The molecule has 106 valence electrons. The molecule has 2 aromatic carbocycles. The SMILES string of the molecule is CCOc1cc(CNc2ccccc2C)cc(I)c1O. The number of hydrogen-bond donors (Lipinski definition) is 2. The lowest BCUT2D eigenvalue weighted by molar-refractivity contribution is 0.317. The zero-order chi connectivity index (χ0) is 14.5. The Bertz CT molecular complexity index is 599. The van der Waals surface area contributed by atoms with E-state index in [0.717, 1.165) is 14.8 Å². The Hall–Kier alpha value is -1.43. The van der Waals surface area contributed by atoms with Crippen molar-refractivity contribution in [3.05, 3.63) is 51.1 Å². The van der Waals surface area contributed by atoms with Gasteiger partial charge in [0.25, 0.3) is 0 Å². The van der Waals surface area contributed by atoms with Crippen molar-refractivity contribution in [2.24, 2.45) is 0 Å². The van der Waals surface area contributed by atoms with Crippen LogP contribution < -0.4 is 10.1 Å². The second kappa shape index (κ2) is 6.83. The number of aryl methyl sites for hydroxylation is 1. The average Bonchev–Trinajstić information content (AvgIpc) is 2.43. The van der Waals surface area contributed by atoms with Gasteiger partial charge in [-0.05, 0) is 65.8 Å². The third-order valence-electron chi connectivity index (χ3n) is 3.02. The number of para-hydroxylation sites is 1. The minimum Gasteiger partial charge on any atom is -0.504 e. The molecule has 0 amide bonds. The molecule has 20 heavy (non-hydrogen) atoms. The van der Waals surface area contributed by atoms with Crippen LogP contribution in [0.2, 0.25) is 0 Å². The molecule has 0 saturated heterocycles. The predicted molar refractivity (Wildman–Crippen MR) is 90.5 cm³/mol. The summed E-state index contributed by atoms with van der Waals surface area (Å²) in [5.74, 6) is 0.757. The zero-order valence-electron chi connectivity index (χ0n) is 11.6. The first kappa shape index (κ1) is 15.0. The molecule has 3 nitrogen and oxygen atoms in total. The zero-order valence-corrected chi connectivity index (χ0v) is 13.8. The van der Waals surface area contributed by atoms with Crippen LogP contribution in [0, 0.1) is 10.5 Å². The molecule has 0 radical (unpaired) electrons. The van der Waals surface area contributed by atoms with Gasteiger partial charge >= 0.3 is 0 Å². The number of benzene rings is 2. The van der Waals surface area contributed by atoms with E-state index in [9.17, 15) is 5.11 Å². The third kappa shape index (κ3) is 3.56. The molecule has 0 saturated carbocycles. The van der Waals surface area contributed by atoms with Gasteiger partial charge in [-0.3, -0.25) is 0 Å². The quantitative estimate of drug-likeness (QED) is 0.756. The Morgan fingerprint density at radius 1 is 1.25 bits per heavy atom. The molecule has 0 unspecified atom stereocenters. The number of phenols is 1. The van der Waals surface area contributed by atoms with Gasteiger partial charge in [-0.25, -0.2) is 0 Å². The highest BCUT2D eigenvalue weighted by Crippen LogP contribution is 2.33. The smallest absolute Gasteiger partial charge is 0.171 e. The van der Waals surface area contributed by atoms with E-state index in [-0.39, 0.29) is 5.75 Å². The van der Waals surface area contributed by atoms with Gasteiger partial charge in [0.05, 0.1) is 10.2 Å². The highest BCUT2D eigenvalue weighted by molar-refractivity contribution is 14.1. The molecule has 0 heterocycles. The molecule has 2 rings (SSSR count). The van der Waals surface area contributed by atoms with Crippen LogP contribution >= 0.6 is 22.6 Å². The van der Waals surface area contributed by atoms with Crippen LogP contribution in [0.25, 0.3) is 0 Å². The number of phenolic OH excluding ortho intramolecular Hbond substituents is 1. The van der Waals surface area contributed by atoms with Crippen molar-refractivity contribution in [1.82, 2.24) is 0 Å². The minimum absolute atomic E-state index is 0.215. The van der Waals surface area contributed by atoms with Crippen LogP contribution in [-0.4, -0.2) is 11.7 Å². The second-order valence-corrected chi connectivity index (χ2v) is 5.69. The van der Waals surface area contributed by atoms with E-state index in [1.165, 1.54) is 5.56 Å². The van der Waals surface area contributed by atoms with Crippen LogP contribution in [0.5, 0.6) is 11.5 Å². The summed E-state index contributed by atoms with van der Waals surface area (Å²) < 4.78 is 6.25. The topological polar surface area (TPSA) is 41.5 Å². The van der Waals surface area contributed by atoms with Gasteiger partial charge in [0.2, 0.25) is 0 Å². The van der Waals surface area contributed by atoms with Crippen molar-refractivity contribution < 1.29 is 9.84 Å². The summed E-state index contributed by atoms with van der Waals surface area (Å²) in [7, 11) is 0. The maximum absolute atomic E-state index is 9.93. The molecular formula is C16H18INO2. The van der Waals surface area contributed by atoms with Crippen molar-refractivity contribution in [2.45, 2.75) is 20.4 Å². The first-order valence-corrected chi connectivity index (χ1v) is 7.63. The van der Waals surface area contributed by atoms with E-state index in [2.05, 4.69) is 47.0 Å². The fraction of sp³-hybridized carbons (Fsp3) is 0.250. The molecule has 0 fully saturated rings. The van der Waals surface area contributed by atoms with Gasteiger partial charge in [-0.2, -0.15) is 0 Å². The van der Waals surface area contributed by atoms with Crippen molar-refractivity contribution in [1.29, 1.82) is 0 Å². The van der Waals surface area contributed by atoms with Crippen LogP contribution in [0.1, 0.15) is 18.1 Å². The van der Waals surface area contributed by atoms with Gasteiger partial charge in [0.1, 0.15) is 0 Å². The largest absolute Gasteiger partial charge is 0.504 e. The summed E-state index contributed by atoms with van der Waals surface area (Å²) in [5.41, 5.74) is 3.42. The van der Waals surface area contributed by atoms with Crippen LogP contribution in [0.3, 0.4) is 0 Å². The van der Waals surface area contributed by atoms with Crippen molar-refractivity contribution in [3.8, 4) is 11.5 Å². The van der Waals surface area contributed by atoms with Gasteiger partial charge in [-0.15, -0.1) is 0 Å². The van der Waals surface area contributed by atoms with Crippen molar-refractivity contribution >= 4 is 28.3 Å². The fourth-order valence-electron chi connectivity index (χ4n) is 1.96. The lowest BCUT2D eigenvalue weighted by Crippen LogP contribution is -2.02. The second-order valence-electron chi connectivity index (χ2n) is 4.53. The molecule has 0 aromatic heterocycles. The number of rotatable bonds is 5. The number of halogens is 1. The van der Waals surface area contributed by atoms with Gasteiger partial charge in [0.15, 0.2) is 11.5 Å². The molecule has 2 N–H and O–H groups in total. The highest BCUT2D eigenvalue weighted by Gasteiger charge is 2.09. The molecule has 0 bridgehead atoms. The van der Waals surface area contributed by atoms with Crippen LogP contribution in [0.4, 0.5) is 5.69 Å². The summed E-state index contributed by atoms with van der Waals surface area (Å²) >= 11 is 2.12. The maximum Gasteiger partial charge on any atom is 0.171 e. The normalized spacial score (nSPS) is 10.3. The highest BCUT2D eigenvalue weighted by atomic mass is 127. The molecular weight excluding hydrogens is 365 g/mol. The molecule has 0 atom stereocenters. The lowest BCUT2D eigenvalue weighted by atomic mass is 10.1. The van der Waals surface area contributed by atoms with E-state index >= 15 is 0 Å². The summed E-state index contributed by atoms with van der Waals surface area (Å²) in [6, 6.07) is 12.0. The molecule has 0 aliphatic rings. The third-order valence-corrected chi connectivity index (χ3v) is 3.84. The summed E-state index contributed by atoms with van der Waals surface area (Å²) in [5, 5.41) is 13.3. The lowest BCUT2D eigenvalue weighted by Gasteiger charge is -2.13. The molecule has 0 aliphatic carbocycles. The van der Waals surface area contributed by atoms with E-state index in [1.54, 1.807) is 0 Å². The van der Waals surface area contributed by atoms with Crippen molar-refractivity contribution in [3.63, 3.8) is 0 Å². The Labute approximate surface area is 133 Å². The van der Waals surface area contributed by atoms with E-state index in [4.69, 9.17) is 4.74 Å². The number of ether oxygens (including phenoxy) is 1. The maximum atomic E-state index is 9.93. The Morgan fingerprint density at radius 2 is 2.00 bits per heavy atom. The fourth-order valence-corrected chi connectivity index (χ4v) is 2.63. The Balaban J connectivity index is 2.16. The van der Waals surface area contributed by atoms with Gasteiger partial charge < -0.3 is 15.2 Å². The summed E-state index contributed by atoms with van der Waals surface area (Å²) in [4.78, 5) is 0. The first-order chi connectivity index (χ1) is 9.61. The standard InChI is InChI=1S/C16H18INO2/c1-3-20-15-9-12(8-13(17)16(15)19)10-18-14-7-5-4-6-11(14)2/h4-9,18-19H,3,10H2,1-2H3. The number of aromatic hydroxyl groups is 1. The summed E-state index contributed by atoms with van der Waals surface area (Å²) in [6.07, 6.45) is 0. The predicted octanol–water partition coefficient (Wildman–Crippen LogP) is 4.32. The first-order valence-electron chi connectivity index (χ1n) is 6.55. The monoisotopic (exact) mass is 383 g/mol. The van der Waals surface area contributed by atoms with E-state index < -0.39 is 0 Å². The Kier molecular flexibility index (Phi) is 5.11. The molecule has 0 aliphatic heterocycles. The van der Waals surface area contributed by atoms with E-state index in [0.29, 0.717) is 18.9 Å². The molecule has 2 aromatic rings. The average molecular weight is 383 g/mol. The van der Waals surface area contributed by atoms with Crippen LogP contribution in [0.15, 0.2) is 36.4 Å². The number of anilines is 1. The number of hydrogen-bond acceptors (Lipinski definition) is 3. The molecule has 0 spiro atoms. The Morgan fingerprint density at radius 3 is 2.70 bits per heavy atom.